The molecule has 0 aliphatic rings. The summed E-state index contributed by atoms with van der Waals surface area (Å²) in [6.07, 6.45) is 0.951. The summed E-state index contributed by atoms with van der Waals surface area (Å²) in [6, 6.07) is 8.95. The highest BCUT2D eigenvalue weighted by Gasteiger charge is 2.27. The molecule has 0 radical (unpaired) electrons. The van der Waals surface area contributed by atoms with Crippen molar-refractivity contribution in [2.45, 2.75) is 39.3 Å². The van der Waals surface area contributed by atoms with Gasteiger partial charge < -0.3 is 10.2 Å². The first-order valence-corrected chi connectivity index (χ1v) is 12.9. The van der Waals surface area contributed by atoms with Crippen LogP contribution < -0.4 is 9.62 Å². The zero-order valence-corrected chi connectivity index (χ0v) is 20.8. The third-order valence-electron chi connectivity index (χ3n) is 5.16. The topological polar surface area (TPSA) is 86.8 Å². The number of sulfonamides is 1. The summed E-state index contributed by atoms with van der Waals surface area (Å²) in [7, 11) is -3.82. The van der Waals surface area contributed by atoms with Crippen molar-refractivity contribution >= 4 is 39.1 Å². The fourth-order valence-corrected chi connectivity index (χ4v) is 4.51. The molecule has 186 valence electrons. The van der Waals surface area contributed by atoms with Crippen LogP contribution in [0.25, 0.3) is 0 Å². The fraction of sp³-hybridized carbons (Fsp3) is 0.391. The van der Waals surface area contributed by atoms with E-state index in [1.807, 2.05) is 0 Å². The normalized spacial score (nSPS) is 12.2. The van der Waals surface area contributed by atoms with Crippen LogP contribution in [0.2, 0.25) is 5.02 Å². The van der Waals surface area contributed by atoms with E-state index in [4.69, 9.17) is 11.6 Å². The smallest absolute Gasteiger partial charge is 0.242 e. The van der Waals surface area contributed by atoms with Crippen molar-refractivity contribution in [3.63, 3.8) is 0 Å². The van der Waals surface area contributed by atoms with E-state index in [0.717, 1.165) is 28.8 Å². The number of carbonyl (C=O) groups is 2. The van der Waals surface area contributed by atoms with Crippen LogP contribution in [-0.2, 0) is 26.2 Å². The Balaban J connectivity index is 2.18. The van der Waals surface area contributed by atoms with Crippen molar-refractivity contribution in [2.24, 2.45) is 0 Å². The van der Waals surface area contributed by atoms with Gasteiger partial charge in [0, 0.05) is 37.1 Å². The molecule has 0 saturated carbocycles. The van der Waals surface area contributed by atoms with E-state index < -0.39 is 27.7 Å². The highest BCUT2D eigenvalue weighted by Crippen LogP contribution is 2.22. The van der Waals surface area contributed by atoms with Gasteiger partial charge in [-0.1, -0.05) is 29.8 Å². The Morgan fingerprint density at radius 2 is 1.79 bits per heavy atom. The summed E-state index contributed by atoms with van der Waals surface area (Å²) in [4.78, 5) is 26.9. The van der Waals surface area contributed by atoms with Gasteiger partial charge in [0.15, 0.2) is 11.6 Å². The number of halogens is 3. The average Bonchev–Trinajstić information content (AvgIpc) is 2.77. The first kappa shape index (κ1) is 27.5. The molecule has 2 rings (SSSR count). The molecule has 0 unspecified atom stereocenters. The van der Waals surface area contributed by atoms with Crippen molar-refractivity contribution in [1.29, 1.82) is 0 Å². The molecular weight excluding hydrogens is 488 g/mol. The number of rotatable bonds is 11. The lowest BCUT2D eigenvalue weighted by atomic mass is 10.1. The van der Waals surface area contributed by atoms with Gasteiger partial charge in [-0.05, 0) is 44.0 Å². The van der Waals surface area contributed by atoms with E-state index in [1.165, 1.54) is 4.90 Å². The quantitative estimate of drug-likeness (QED) is 0.494. The molecule has 34 heavy (non-hydrogen) atoms. The van der Waals surface area contributed by atoms with E-state index in [2.05, 4.69) is 5.32 Å². The SMILES string of the molecule is CCNC(=O)[C@H](C)N(Cc1ccccc1Cl)C(=O)CCCN(c1ccc(F)c(F)c1)S(C)(=O)=O. The molecule has 0 aromatic heterocycles. The molecule has 0 saturated heterocycles. The maximum Gasteiger partial charge on any atom is 0.242 e. The molecule has 0 aliphatic carbocycles. The number of hydrogen-bond acceptors (Lipinski definition) is 4. The molecule has 0 bridgehead atoms. The van der Waals surface area contributed by atoms with E-state index in [1.54, 1.807) is 38.1 Å². The lowest BCUT2D eigenvalue weighted by molar-refractivity contribution is -0.140. The van der Waals surface area contributed by atoms with Gasteiger partial charge in [-0.2, -0.15) is 0 Å². The first-order chi connectivity index (χ1) is 16.0. The summed E-state index contributed by atoms with van der Waals surface area (Å²) in [5.74, 6) is -2.98. The van der Waals surface area contributed by atoms with Crippen LogP contribution in [0.3, 0.4) is 0 Å². The third kappa shape index (κ3) is 7.39. The van der Waals surface area contributed by atoms with Gasteiger partial charge in [0.05, 0.1) is 11.9 Å². The second-order valence-electron chi connectivity index (χ2n) is 7.72. The lowest BCUT2D eigenvalue weighted by Crippen LogP contribution is -2.47. The zero-order chi connectivity index (χ0) is 25.5. The van der Waals surface area contributed by atoms with Crippen LogP contribution in [0.4, 0.5) is 14.5 Å². The highest BCUT2D eigenvalue weighted by atomic mass is 35.5. The van der Waals surface area contributed by atoms with Gasteiger partial charge in [-0.15, -0.1) is 0 Å². The predicted molar refractivity (Wildman–Crippen MR) is 128 cm³/mol. The average molecular weight is 516 g/mol. The number of amides is 2. The molecule has 0 spiro atoms. The molecule has 0 fully saturated rings. The number of carbonyl (C=O) groups excluding carboxylic acids is 2. The number of hydrogen-bond donors (Lipinski definition) is 1. The third-order valence-corrected chi connectivity index (χ3v) is 6.72. The molecule has 1 atom stereocenters. The van der Waals surface area contributed by atoms with Gasteiger partial charge in [-0.25, -0.2) is 17.2 Å². The van der Waals surface area contributed by atoms with Crippen LogP contribution in [0.15, 0.2) is 42.5 Å². The second-order valence-corrected chi connectivity index (χ2v) is 10.0. The number of nitrogens with zero attached hydrogens (tertiary/aromatic N) is 2. The Hall–Kier alpha value is -2.72. The number of nitrogens with one attached hydrogen (secondary N) is 1. The first-order valence-electron chi connectivity index (χ1n) is 10.7. The van der Waals surface area contributed by atoms with Crippen LogP contribution in [-0.4, -0.2) is 50.5 Å². The molecule has 11 heteroatoms. The van der Waals surface area contributed by atoms with Gasteiger partial charge in [0.2, 0.25) is 21.8 Å². The zero-order valence-electron chi connectivity index (χ0n) is 19.2. The van der Waals surface area contributed by atoms with E-state index >= 15 is 0 Å². The monoisotopic (exact) mass is 515 g/mol. The van der Waals surface area contributed by atoms with Gasteiger partial charge in [0.1, 0.15) is 6.04 Å². The molecule has 2 aromatic rings. The summed E-state index contributed by atoms with van der Waals surface area (Å²) in [5, 5.41) is 3.14. The number of benzene rings is 2. The summed E-state index contributed by atoms with van der Waals surface area (Å²) >= 11 is 6.24. The van der Waals surface area contributed by atoms with Crippen LogP contribution >= 0.6 is 11.6 Å². The van der Waals surface area contributed by atoms with E-state index in [9.17, 15) is 26.8 Å². The van der Waals surface area contributed by atoms with Crippen LogP contribution in [0.5, 0.6) is 0 Å². The molecule has 7 nitrogen and oxygen atoms in total. The molecule has 0 heterocycles. The molecule has 2 amide bonds. The Labute approximate surface area is 203 Å². The number of likely N-dealkylation sites (N-methyl/N-ethyl adjacent to an activating group) is 1. The molecular formula is C23H28ClF2N3O4S. The Morgan fingerprint density at radius 3 is 2.38 bits per heavy atom. The largest absolute Gasteiger partial charge is 0.355 e. The molecule has 2 aromatic carbocycles. The van der Waals surface area contributed by atoms with Crippen molar-refractivity contribution in [3.8, 4) is 0 Å². The maximum absolute atomic E-state index is 13.6. The van der Waals surface area contributed by atoms with Gasteiger partial charge in [-0.3, -0.25) is 13.9 Å². The summed E-state index contributed by atoms with van der Waals surface area (Å²) in [5.41, 5.74) is 0.616. The lowest BCUT2D eigenvalue weighted by Gasteiger charge is -2.29. The van der Waals surface area contributed by atoms with Crippen molar-refractivity contribution < 1.29 is 26.8 Å². The predicted octanol–water partition coefficient (Wildman–Crippen LogP) is 3.72. The Kier molecular flexibility index (Phi) is 9.81. The van der Waals surface area contributed by atoms with E-state index in [0.29, 0.717) is 17.1 Å². The fourth-order valence-electron chi connectivity index (χ4n) is 3.36. The minimum Gasteiger partial charge on any atom is -0.355 e. The minimum atomic E-state index is -3.82. The van der Waals surface area contributed by atoms with Crippen LogP contribution in [0.1, 0.15) is 32.3 Å². The highest BCUT2D eigenvalue weighted by molar-refractivity contribution is 7.92. The minimum absolute atomic E-state index is 0.0440. The van der Waals surface area contributed by atoms with Gasteiger partial charge in [0.25, 0.3) is 0 Å². The van der Waals surface area contributed by atoms with Crippen molar-refractivity contribution in [2.75, 3.05) is 23.7 Å². The standard InChI is InChI=1S/C23H28ClF2N3O4S/c1-4-27-23(31)16(2)28(15-17-8-5-6-9-19(17)24)22(30)10-7-13-29(34(3,32)33)18-11-12-20(25)21(26)14-18/h5-6,8-9,11-12,14,16H,4,7,10,13,15H2,1-3H3,(H,27,31)/t16-/m0/s1. The Morgan fingerprint density at radius 1 is 1.12 bits per heavy atom. The maximum atomic E-state index is 13.6. The van der Waals surface area contributed by atoms with E-state index in [-0.39, 0.29) is 43.4 Å². The molecule has 1 N–H and O–H groups in total. The molecule has 0 aliphatic heterocycles. The van der Waals surface area contributed by atoms with Crippen molar-refractivity contribution in [1.82, 2.24) is 10.2 Å². The van der Waals surface area contributed by atoms with Crippen LogP contribution in [0, 0.1) is 11.6 Å². The second kappa shape index (κ2) is 12.1. The summed E-state index contributed by atoms with van der Waals surface area (Å²) < 4.78 is 52.3. The summed E-state index contributed by atoms with van der Waals surface area (Å²) in [6.45, 7) is 3.72. The van der Waals surface area contributed by atoms with Gasteiger partial charge >= 0.3 is 0 Å². The number of anilines is 1. The Bertz CT molecular complexity index is 1130. The van der Waals surface area contributed by atoms with Crippen molar-refractivity contribution in [3.05, 3.63) is 64.7 Å².